The lowest BCUT2D eigenvalue weighted by Gasteiger charge is -2.15. The Morgan fingerprint density at radius 2 is 1.94 bits per heavy atom. The predicted molar refractivity (Wildman–Crippen MR) is 59.6 cm³/mol. The van der Waals surface area contributed by atoms with E-state index in [-0.39, 0.29) is 24.9 Å². The molecule has 4 heteroatoms. The fourth-order valence-corrected chi connectivity index (χ4v) is 1.46. The van der Waals surface area contributed by atoms with E-state index in [2.05, 4.69) is 0 Å². The fraction of sp³-hybridized carbons (Fsp3) is 0.333. The van der Waals surface area contributed by atoms with Crippen molar-refractivity contribution < 1.29 is 14.3 Å². The first-order valence-electron chi connectivity index (χ1n) is 5.06. The van der Waals surface area contributed by atoms with Gasteiger partial charge in [0.2, 0.25) is 5.91 Å². The molecule has 0 spiro atoms. The molecule has 0 aliphatic rings. The molecule has 0 fully saturated rings. The first kappa shape index (κ1) is 12.2. The van der Waals surface area contributed by atoms with Crippen LogP contribution in [0.1, 0.15) is 24.8 Å². The Balaban J connectivity index is 2.71. The molecule has 1 aromatic carbocycles. The molecule has 4 nitrogen and oxygen atoms in total. The number of amides is 1. The number of nitrogens with two attached hydrogens (primary N) is 1. The Hall–Kier alpha value is -1.84. The van der Waals surface area contributed by atoms with Gasteiger partial charge in [-0.1, -0.05) is 30.3 Å². The maximum Gasteiger partial charge on any atom is 0.302 e. The van der Waals surface area contributed by atoms with Gasteiger partial charge in [-0.25, -0.2) is 0 Å². The van der Waals surface area contributed by atoms with Gasteiger partial charge < -0.3 is 10.5 Å². The number of primary amides is 1. The quantitative estimate of drug-likeness (QED) is 0.760. The van der Waals surface area contributed by atoms with Gasteiger partial charge in [0.05, 0.1) is 6.61 Å². The first-order chi connectivity index (χ1) is 7.59. The number of benzene rings is 1. The Morgan fingerprint density at radius 1 is 1.31 bits per heavy atom. The maximum absolute atomic E-state index is 10.9. The number of hydrogen-bond acceptors (Lipinski definition) is 3. The molecular formula is C12H15NO3. The number of ether oxygens (including phenoxy) is 1. The smallest absolute Gasteiger partial charge is 0.302 e. The van der Waals surface area contributed by atoms with Gasteiger partial charge in [-0.3, -0.25) is 9.59 Å². The van der Waals surface area contributed by atoms with E-state index in [0.717, 1.165) is 5.56 Å². The SMILES string of the molecule is CC(=O)OC[C@H](CC(N)=O)c1ccccc1. The van der Waals surface area contributed by atoms with Gasteiger partial charge in [0.1, 0.15) is 0 Å². The van der Waals surface area contributed by atoms with Gasteiger partial charge in [-0.15, -0.1) is 0 Å². The van der Waals surface area contributed by atoms with E-state index in [0.29, 0.717) is 0 Å². The summed E-state index contributed by atoms with van der Waals surface area (Å²) in [4.78, 5) is 21.6. The van der Waals surface area contributed by atoms with Crippen molar-refractivity contribution >= 4 is 11.9 Å². The molecule has 0 heterocycles. The van der Waals surface area contributed by atoms with Crippen LogP contribution in [0.5, 0.6) is 0 Å². The summed E-state index contributed by atoms with van der Waals surface area (Å²) in [6, 6.07) is 9.40. The summed E-state index contributed by atoms with van der Waals surface area (Å²) in [5.74, 6) is -0.922. The number of rotatable bonds is 5. The average molecular weight is 221 g/mol. The molecule has 1 aromatic rings. The van der Waals surface area contributed by atoms with Crippen LogP contribution in [0.2, 0.25) is 0 Å². The molecule has 2 N–H and O–H groups in total. The molecule has 0 saturated carbocycles. The number of carbonyl (C=O) groups is 2. The maximum atomic E-state index is 10.9. The van der Waals surface area contributed by atoms with E-state index in [4.69, 9.17) is 10.5 Å². The Labute approximate surface area is 94.4 Å². The van der Waals surface area contributed by atoms with Gasteiger partial charge in [-0.2, -0.15) is 0 Å². The normalized spacial score (nSPS) is 11.8. The molecule has 0 aliphatic heterocycles. The van der Waals surface area contributed by atoms with E-state index < -0.39 is 5.91 Å². The number of hydrogen-bond donors (Lipinski definition) is 1. The van der Waals surface area contributed by atoms with Crippen LogP contribution in [-0.2, 0) is 14.3 Å². The van der Waals surface area contributed by atoms with Crippen molar-refractivity contribution in [1.29, 1.82) is 0 Å². The second kappa shape index (κ2) is 5.90. The van der Waals surface area contributed by atoms with Crippen LogP contribution in [0.15, 0.2) is 30.3 Å². The van der Waals surface area contributed by atoms with E-state index >= 15 is 0 Å². The highest BCUT2D eigenvalue weighted by Gasteiger charge is 2.15. The van der Waals surface area contributed by atoms with Crippen LogP contribution in [0, 0.1) is 0 Å². The van der Waals surface area contributed by atoms with Crippen LogP contribution in [-0.4, -0.2) is 18.5 Å². The third-order valence-corrected chi connectivity index (χ3v) is 2.21. The minimum Gasteiger partial charge on any atom is -0.465 e. The molecular weight excluding hydrogens is 206 g/mol. The lowest BCUT2D eigenvalue weighted by molar-refractivity contribution is -0.142. The highest BCUT2D eigenvalue weighted by Crippen LogP contribution is 2.19. The first-order valence-corrected chi connectivity index (χ1v) is 5.06. The van der Waals surface area contributed by atoms with Crippen LogP contribution >= 0.6 is 0 Å². The lowest BCUT2D eigenvalue weighted by Crippen LogP contribution is -2.19. The third kappa shape index (κ3) is 4.13. The van der Waals surface area contributed by atoms with Crippen molar-refractivity contribution in [3.05, 3.63) is 35.9 Å². The summed E-state index contributed by atoms with van der Waals surface area (Å²) >= 11 is 0. The molecule has 1 atom stereocenters. The Morgan fingerprint density at radius 3 is 2.44 bits per heavy atom. The van der Waals surface area contributed by atoms with Crippen LogP contribution in [0.4, 0.5) is 0 Å². The van der Waals surface area contributed by atoms with Gasteiger partial charge in [0, 0.05) is 19.3 Å². The second-order valence-corrected chi connectivity index (χ2v) is 3.58. The molecule has 0 aromatic heterocycles. The van der Waals surface area contributed by atoms with E-state index in [1.807, 2.05) is 30.3 Å². The molecule has 0 saturated heterocycles. The number of esters is 1. The fourth-order valence-electron chi connectivity index (χ4n) is 1.46. The molecule has 1 rings (SSSR count). The zero-order valence-electron chi connectivity index (χ0n) is 9.18. The Bertz CT molecular complexity index is 362. The average Bonchev–Trinajstić information content (AvgIpc) is 2.25. The summed E-state index contributed by atoms with van der Waals surface area (Å²) in [5.41, 5.74) is 6.10. The van der Waals surface area contributed by atoms with Crippen molar-refractivity contribution in [3.8, 4) is 0 Å². The summed E-state index contributed by atoms with van der Waals surface area (Å²) in [6.07, 6.45) is 0.178. The summed E-state index contributed by atoms with van der Waals surface area (Å²) in [6.45, 7) is 1.52. The van der Waals surface area contributed by atoms with Crippen molar-refractivity contribution in [2.75, 3.05) is 6.61 Å². The molecule has 0 bridgehead atoms. The summed E-state index contributed by atoms with van der Waals surface area (Å²) in [5, 5.41) is 0. The molecule has 0 aliphatic carbocycles. The predicted octanol–water partition coefficient (Wildman–Crippen LogP) is 1.21. The standard InChI is InChI=1S/C12H15NO3/c1-9(14)16-8-11(7-12(13)15)10-5-3-2-4-6-10/h2-6,11H,7-8H2,1H3,(H2,13,15)/t11-/m0/s1. The van der Waals surface area contributed by atoms with E-state index in [1.54, 1.807) is 0 Å². The topological polar surface area (TPSA) is 69.4 Å². The number of carbonyl (C=O) groups excluding carboxylic acids is 2. The van der Waals surface area contributed by atoms with Crippen molar-refractivity contribution in [2.24, 2.45) is 5.73 Å². The monoisotopic (exact) mass is 221 g/mol. The minimum atomic E-state index is -0.402. The molecule has 1 amide bonds. The minimum absolute atomic E-state index is 0.164. The molecule has 0 unspecified atom stereocenters. The largest absolute Gasteiger partial charge is 0.465 e. The van der Waals surface area contributed by atoms with Gasteiger partial charge in [0.25, 0.3) is 0 Å². The second-order valence-electron chi connectivity index (χ2n) is 3.58. The third-order valence-electron chi connectivity index (χ3n) is 2.21. The molecule has 86 valence electrons. The highest BCUT2D eigenvalue weighted by atomic mass is 16.5. The van der Waals surface area contributed by atoms with Gasteiger partial charge >= 0.3 is 5.97 Å². The van der Waals surface area contributed by atoms with Crippen molar-refractivity contribution in [1.82, 2.24) is 0 Å². The van der Waals surface area contributed by atoms with Crippen molar-refractivity contribution in [3.63, 3.8) is 0 Å². The van der Waals surface area contributed by atoms with Crippen LogP contribution < -0.4 is 5.73 Å². The summed E-state index contributed by atoms with van der Waals surface area (Å²) < 4.78 is 4.91. The highest BCUT2D eigenvalue weighted by molar-refractivity contribution is 5.75. The molecule has 0 radical (unpaired) electrons. The zero-order chi connectivity index (χ0) is 12.0. The van der Waals surface area contributed by atoms with Crippen LogP contribution in [0.3, 0.4) is 0 Å². The lowest BCUT2D eigenvalue weighted by atomic mass is 9.96. The zero-order valence-corrected chi connectivity index (χ0v) is 9.18. The van der Waals surface area contributed by atoms with E-state index in [9.17, 15) is 9.59 Å². The van der Waals surface area contributed by atoms with Gasteiger partial charge in [0.15, 0.2) is 0 Å². The van der Waals surface area contributed by atoms with Crippen LogP contribution in [0.25, 0.3) is 0 Å². The van der Waals surface area contributed by atoms with E-state index in [1.165, 1.54) is 6.92 Å². The van der Waals surface area contributed by atoms with Gasteiger partial charge in [-0.05, 0) is 5.56 Å². The molecule has 16 heavy (non-hydrogen) atoms. The Kier molecular flexibility index (Phi) is 4.51. The summed E-state index contributed by atoms with van der Waals surface area (Å²) in [7, 11) is 0. The van der Waals surface area contributed by atoms with Crippen molar-refractivity contribution in [2.45, 2.75) is 19.3 Å².